The molecule has 2 aromatic rings. The van der Waals surface area contributed by atoms with Crippen LogP contribution in [0.1, 0.15) is 49.9 Å². The Morgan fingerprint density at radius 3 is 2.89 bits per heavy atom. The summed E-state index contributed by atoms with van der Waals surface area (Å²) in [4.78, 5) is 4.75. The van der Waals surface area contributed by atoms with E-state index in [4.69, 9.17) is 4.98 Å². The zero-order valence-electron chi connectivity index (χ0n) is 10.7. The molecule has 0 saturated heterocycles. The van der Waals surface area contributed by atoms with Crippen LogP contribution >= 0.6 is 0 Å². The lowest BCUT2D eigenvalue weighted by atomic mass is 9.93. The molecule has 2 heterocycles. The quantitative estimate of drug-likeness (QED) is 0.821. The number of nitrogens with zero attached hydrogens (tertiary/aromatic N) is 3. The van der Waals surface area contributed by atoms with E-state index in [1.54, 1.807) is 0 Å². The molecule has 0 spiro atoms. The average Bonchev–Trinajstić information content (AvgIpc) is 2.66. The standard InChI is InChI=1S/C15H17N3/c1-2-4-12-7-8-14-11(9-16)10-18(15(14)17-12)13-5-3-6-13/h7-8,10,13H,2-6H2,1H3. The predicted octanol–water partition coefficient (Wildman–Crippen LogP) is 3.59. The van der Waals surface area contributed by atoms with Crippen molar-refractivity contribution in [1.29, 1.82) is 5.26 Å². The third kappa shape index (κ3) is 1.69. The van der Waals surface area contributed by atoms with Crippen molar-refractivity contribution in [1.82, 2.24) is 9.55 Å². The number of fused-ring (bicyclic) bond motifs is 1. The van der Waals surface area contributed by atoms with Crippen molar-refractivity contribution in [3.63, 3.8) is 0 Å². The molecular formula is C15H17N3. The molecular weight excluding hydrogens is 222 g/mol. The highest BCUT2D eigenvalue weighted by molar-refractivity contribution is 5.83. The summed E-state index contributed by atoms with van der Waals surface area (Å²) in [5.74, 6) is 0. The molecule has 3 rings (SSSR count). The topological polar surface area (TPSA) is 41.6 Å². The molecule has 3 nitrogen and oxygen atoms in total. The molecule has 0 amide bonds. The Bertz CT molecular complexity index is 614. The van der Waals surface area contributed by atoms with Gasteiger partial charge >= 0.3 is 0 Å². The summed E-state index contributed by atoms with van der Waals surface area (Å²) in [5.41, 5.74) is 2.89. The Balaban J connectivity index is 2.15. The fourth-order valence-electron chi connectivity index (χ4n) is 2.59. The lowest BCUT2D eigenvalue weighted by molar-refractivity contribution is 0.320. The van der Waals surface area contributed by atoms with Gasteiger partial charge in [0.05, 0.1) is 5.56 Å². The van der Waals surface area contributed by atoms with E-state index in [2.05, 4.69) is 29.7 Å². The van der Waals surface area contributed by atoms with Crippen molar-refractivity contribution < 1.29 is 0 Å². The van der Waals surface area contributed by atoms with Crippen LogP contribution in [0, 0.1) is 11.3 Å². The van der Waals surface area contributed by atoms with Crippen LogP contribution in [-0.2, 0) is 6.42 Å². The minimum Gasteiger partial charge on any atom is -0.328 e. The summed E-state index contributed by atoms with van der Waals surface area (Å²) in [6.45, 7) is 2.16. The normalized spacial score (nSPS) is 15.6. The van der Waals surface area contributed by atoms with Gasteiger partial charge < -0.3 is 4.57 Å². The SMILES string of the molecule is CCCc1ccc2c(C#N)cn(C3CCC3)c2n1. The van der Waals surface area contributed by atoms with E-state index in [0.29, 0.717) is 6.04 Å². The van der Waals surface area contributed by atoms with E-state index >= 15 is 0 Å². The van der Waals surface area contributed by atoms with E-state index in [-0.39, 0.29) is 0 Å². The number of aryl methyl sites for hydroxylation is 1. The van der Waals surface area contributed by atoms with E-state index in [0.717, 1.165) is 35.1 Å². The van der Waals surface area contributed by atoms with Crippen LogP contribution in [0.25, 0.3) is 11.0 Å². The second kappa shape index (κ2) is 4.45. The van der Waals surface area contributed by atoms with Crippen LogP contribution in [0.2, 0.25) is 0 Å². The van der Waals surface area contributed by atoms with Gasteiger partial charge in [0.2, 0.25) is 0 Å². The summed E-state index contributed by atoms with van der Waals surface area (Å²) in [6.07, 6.45) is 7.82. The van der Waals surface area contributed by atoms with Gasteiger partial charge in [-0.1, -0.05) is 13.3 Å². The minimum absolute atomic E-state index is 0.555. The van der Waals surface area contributed by atoms with Crippen LogP contribution in [0.4, 0.5) is 0 Å². The van der Waals surface area contributed by atoms with Crippen molar-refractivity contribution in [3.8, 4) is 6.07 Å². The van der Waals surface area contributed by atoms with Crippen molar-refractivity contribution in [2.24, 2.45) is 0 Å². The first-order chi connectivity index (χ1) is 8.83. The van der Waals surface area contributed by atoms with Crippen molar-refractivity contribution in [2.75, 3.05) is 0 Å². The monoisotopic (exact) mass is 239 g/mol. The fourth-order valence-corrected chi connectivity index (χ4v) is 2.59. The molecule has 92 valence electrons. The number of nitriles is 1. The van der Waals surface area contributed by atoms with Crippen molar-refractivity contribution >= 4 is 11.0 Å². The third-order valence-electron chi connectivity index (χ3n) is 3.83. The van der Waals surface area contributed by atoms with Gasteiger partial charge in [0.1, 0.15) is 11.7 Å². The first-order valence-electron chi connectivity index (χ1n) is 6.74. The molecule has 1 aliphatic carbocycles. The minimum atomic E-state index is 0.555. The molecule has 0 aliphatic heterocycles. The highest BCUT2D eigenvalue weighted by atomic mass is 15.1. The molecule has 0 unspecified atom stereocenters. The van der Waals surface area contributed by atoms with Crippen molar-refractivity contribution in [3.05, 3.63) is 29.6 Å². The molecule has 1 saturated carbocycles. The number of pyridine rings is 1. The summed E-state index contributed by atoms with van der Waals surface area (Å²) < 4.78 is 2.22. The first kappa shape index (κ1) is 11.3. The van der Waals surface area contributed by atoms with E-state index < -0.39 is 0 Å². The third-order valence-corrected chi connectivity index (χ3v) is 3.83. The summed E-state index contributed by atoms with van der Waals surface area (Å²) >= 11 is 0. The Hall–Kier alpha value is -1.82. The second-order valence-electron chi connectivity index (χ2n) is 5.07. The Kier molecular flexibility index (Phi) is 2.79. The summed E-state index contributed by atoms with van der Waals surface area (Å²) in [5, 5.41) is 10.2. The van der Waals surface area contributed by atoms with Gasteiger partial charge in [-0.25, -0.2) is 4.98 Å². The van der Waals surface area contributed by atoms with Gasteiger partial charge in [0.15, 0.2) is 0 Å². The van der Waals surface area contributed by atoms with Crippen LogP contribution in [-0.4, -0.2) is 9.55 Å². The molecule has 0 radical (unpaired) electrons. The molecule has 0 atom stereocenters. The van der Waals surface area contributed by atoms with E-state index in [1.165, 1.54) is 19.3 Å². The molecule has 1 fully saturated rings. The molecule has 0 bridgehead atoms. The van der Waals surface area contributed by atoms with Gasteiger partial charge in [0.25, 0.3) is 0 Å². The number of hydrogen-bond donors (Lipinski definition) is 0. The summed E-state index contributed by atoms with van der Waals surface area (Å²) in [6, 6.07) is 6.95. The van der Waals surface area contributed by atoms with Crippen LogP contribution in [0.15, 0.2) is 18.3 Å². The van der Waals surface area contributed by atoms with Gasteiger partial charge in [-0.05, 0) is 37.8 Å². The Morgan fingerprint density at radius 1 is 1.44 bits per heavy atom. The maximum Gasteiger partial charge on any atom is 0.141 e. The largest absolute Gasteiger partial charge is 0.328 e. The van der Waals surface area contributed by atoms with E-state index in [9.17, 15) is 5.26 Å². The highest BCUT2D eigenvalue weighted by Crippen LogP contribution is 2.35. The number of aromatic nitrogens is 2. The van der Waals surface area contributed by atoms with Crippen LogP contribution in [0.3, 0.4) is 0 Å². The smallest absolute Gasteiger partial charge is 0.141 e. The Labute approximate surface area is 107 Å². The molecule has 3 heteroatoms. The molecule has 2 aromatic heterocycles. The Morgan fingerprint density at radius 2 is 2.28 bits per heavy atom. The van der Waals surface area contributed by atoms with Gasteiger partial charge in [-0.15, -0.1) is 0 Å². The van der Waals surface area contributed by atoms with Crippen molar-refractivity contribution in [2.45, 2.75) is 45.1 Å². The first-order valence-corrected chi connectivity index (χ1v) is 6.74. The summed E-state index contributed by atoms with van der Waals surface area (Å²) in [7, 11) is 0. The van der Waals surface area contributed by atoms with Gasteiger partial charge in [-0.3, -0.25) is 0 Å². The van der Waals surface area contributed by atoms with Gasteiger partial charge in [0, 0.05) is 23.3 Å². The molecule has 0 aromatic carbocycles. The maximum absolute atomic E-state index is 9.20. The van der Waals surface area contributed by atoms with Crippen LogP contribution in [0.5, 0.6) is 0 Å². The fraction of sp³-hybridized carbons (Fsp3) is 0.467. The second-order valence-corrected chi connectivity index (χ2v) is 5.07. The highest BCUT2D eigenvalue weighted by Gasteiger charge is 2.22. The lowest BCUT2D eigenvalue weighted by Gasteiger charge is -2.27. The van der Waals surface area contributed by atoms with E-state index in [1.807, 2.05) is 6.20 Å². The zero-order valence-corrected chi connectivity index (χ0v) is 10.7. The number of hydrogen-bond acceptors (Lipinski definition) is 2. The average molecular weight is 239 g/mol. The molecule has 18 heavy (non-hydrogen) atoms. The lowest BCUT2D eigenvalue weighted by Crippen LogP contribution is -2.16. The number of rotatable bonds is 3. The maximum atomic E-state index is 9.20. The predicted molar refractivity (Wildman–Crippen MR) is 71.3 cm³/mol. The van der Waals surface area contributed by atoms with Gasteiger partial charge in [-0.2, -0.15) is 5.26 Å². The zero-order chi connectivity index (χ0) is 12.5. The van der Waals surface area contributed by atoms with Crippen LogP contribution < -0.4 is 0 Å². The molecule has 0 N–H and O–H groups in total. The molecule has 1 aliphatic rings.